The van der Waals surface area contributed by atoms with E-state index in [1.807, 2.05) is 0 Å². The zero-order valence-corrected chi connectivity index (χ0v) is 14.0. The maximum Gasteiger partial charge on any atom is 0.322 e. The highest BCUT2D eigenvalue weighted by Gasteiger charge is 2.16. The number of amides is 1. The van der Waals surface area contributed by atoms with Gasteiger partial charge in [0, 0.05) is 17.4 Å². The highest BCUT2D eigenvalue weighted by molar-refractivity contribution is 7.90. The number of halogens is 2. The standard InChI is InChI=1S/C16H11F2N3O4S/c1-26(23,24)11-4-2-3-10(7-11)15-20-21-16(25-15)19-14(22)9-5-6-12(17)13(18)8-9/h2-8H,1H3,(H,19,21,22). The topological polar surface area (TPSA) is 102 Å². The summed E-state index contributed by atoms with van der Waals surface area (Å²) in [6.45, 7) is 0. The van der Waals surface area contributed by atoms with E-state index in [4.69, 9.17) is 4.42 Å². The minimum Gasteiger partial charge on any atom is -0.403 e. The second kappa shape index (κ2) is 6.64. The summed E-state index contributed by atoms with van der Waals surface area (Å²) in [6, 6.07) is 8.21. The van der Waals surface area contributed by atoms with E-state index in [0.29, 0.717) is 5.56 Å². The van der Waals surface area contributed by atoms with Gasteiger partial charge in [-0.2, -0.15) is 0 Å². The first kappa shape index (κ1) is 17.7. The summed E-state index contributed by atoms with van der Waals surface area (Å²) in [4.78, 5) is 12.1. The number of rotatable bonds is 4. The molecule has 7 nitrogen and oxygen atoms in total. The number of hydrogen-bond donors (Lipinski definition) is 1. The third kappa shape index (κ3) is 3.75. The molecule has 1 aromatic heterocycles. The fourth-order valence-electron chi connectivity index (χ4n) is 2.06. The lowest BCUT2D eigenvalue weighted by molar-refractivity contribution is 0.102. The first-order chi connectivity index (χ1) is 12.2. The zero-order chi connectivity index (χ0) is 18.9. The number of nitrogens with zero attached hydrogens (tertiary/aromatic N) is 2. The lowest BCUT2D eigenvalue weighted by Crippen LogP contribution is -2.12. The average Bonchev–Trinajstić information content (AvgIpc) is 3.05. The monoisotopic (exact) mass is 379 g/mol. The van der Waals surface area contributed by atoms with Gasteiger partial charge in [-0.1, -0.05) is 11.2 Å². The highest BCUT2D eigenvalue weighted by atomic mass is 32.2. The van der Waals surface area contributed by atoms with Gasteiger partial charge in [0.05, 0.1) is 4.90 Å². The fraction of sp³-hybridized carbons (Fsp3) is 0.0625. The normalized spacial score (nSPS) is 11.3. The quantitative estimate of drug-likeness (QED) is 0.748. The Labute approximate surface area is 146 Å². The molecule has 1 heterocycles. The molecule has 0 bridgehead atoms. The SMILES string of the molecule is CS(=O)(=O)c1cccc(-c2nnc(NC(=O)c3ccc(F)c(F)c3)o2)c1. The number of sulfone groups is 1. The highest BCUT2D eigenvalue weighted by Crippen LogP contribution is 2.23. The first-order valence-corrected chi connectivity index (χ1v) is 9.03. The minimum absolute atomic E-state index is 0.0175. The van der Waals surface area contributed by atoms with Gasteiger partial charge in [0.15, 0.2) is 21.5 Å². The molecule has 0 saturated carbocycles. The number of anilines is 1. The van der Waals surface area contributed by atoms with Gasteiger partial charge in [0.2, 0.25) is 5.89 Å². The van der Waals surface area contributed by atoms with Gasteiger partial charge in [-0.25, -0.2) is 17.2 Å². The number of carbonyl (C=O) groups is 1. The van der Waals surface area contributed by atoms with Crippen LogP contribution in [-0.2, 0) is 9.84 Å². The Kier molecular flexibility index (Phi) is 4.51. The van der Waals surface area contributed by atoms with Crippen LogP contribution < -0.4 is 5.32 Å². The Morgan fingerprint density at radius 2 is 1.85 bits per heavy atom. The van der Waals surface area contributed by atoms with Gasteiger partial charge in [-0.15, -0.1) is 5.10 Å². The van der Waals surface area contributed by atoms with Crippen molar-refractivity contribution in [3.05, 3.63) is 59.7 Å². The third-order valence-electron chi connectivity index (χ3n) is 3.34. The lowest BCUT2D eigenvalue weighted by atomic mass is 10.2. The molecule has 1 amide bonds. The van der Waals surface area contributed by atoms with Crippen LogP contribution in [0.4, 0.5) is 14.8 Å². The van der Waals surface area contributed by atoms with Crippen LogP contribution in [0.5, 0.6) is 0 Å². The molecule has 1 N–H and O–H groups in total. The fourth-order valence-corrected chi connectivity index (χ4v) is 2.72. The molecule has 26 heavy (non-hydrogen) atoms. The number of aromatic nitrogens is 2. The van der Waals surface area contributed by atoms with Crippen LogP contribution in [0.2, 0.25) is 0 Å². The van der Waals surface area contributed by atoms with E-state index in [9.17, 15) is 22.0 Å². The smallest absolute Gasteiger partial charge is 0.322 e. The maximum absolute atomic E-state index is 13.2. The largest absolute Gasteiger partial charge is 0.403 e. The summed E-state index contributed by atoms with van der Waals surface area (Å²) in [5.41, 5.74) is 0.205. The summed E-state index contributed by atoms with van der Waals surface area (Å²) in [5.74, 6) is -3.03. The van der Waals surface area contributed by atoms with Crippen molar-refractivity contribution in [2.75, 3.05) is 11.6 Å². The van der Waals surface area contributed by atoms with Gasteiger partial charge >= 0.3 is 6.01 Å². The summed E-state index contributed by atoms with van der Waals surface area (Å²) in [7, 11) is -3.41. The second-order valence-electron chi connectivity index (χ2n) is 5.30. The van der Waals surface area contributed by atoms with Gasteiger partial charge < -0.3 is 4.42 Å². The Morgan fingerprint density at radius 1 is 1.08 bits per heavy atom. The molecule has 0 fully saturated rings. The molecule has 10 heteroatoms. The summed E-state index contributed by atoms with van der Waals surface area (Å²) >= 11 is 0. The van der Waals surface area contributed by atoms with Gasteiger partial charge in [0.1, 0.15) is 0 Å². The minimum atomic E-state index is -3.41. The molecule has 0 aliphatic rings. The van der Waals surface area contributed by atoms with E-state index in [0.717, 1.165) is 24.5 Å². The predicted octanol–water partition coefficient (Wildman–Crippen LogP) is 2.67. The van der Waals surface area contributed by atoms with Gasteiger partial charge in [0.25, 0.3) is 5.91 Å². The van der Waals surface area contributed by atoms with E-state index in [-0.39, 0.29) is 22.4 Å². The summed E-state index contributed by atoms with van der Waals surface area (Å²) in [6.07, 6.45) is 1.06. The van der Waals surface area contributed by atoms with Crippen LogP contribution in [0.15, 0.2) is 51.8 Å². The molecule has 0 unspecified atom stereocenters. The van der Waals surface area contributed by atoms with E-state index in [1.54, 1.807) is 6.07 Å². The summed E-state index contributed by atoms with van der Waals surface area (Å²) in [5, 5.41) is 9.61. The van der Waals surface area contributed by atoms with Crippen molar-refractivity contribution < 1.29 is 26.4 Å². The molecule has 3 aromatic rings. The molecule has 134 valence electrons. The third-order valence-corrected chi connectivity index (χ3v) is 4.45. The molecule has 0 spiro atoms. The molecular formula is C16H11F2N3O4S. The van der Waals surface area contributed by atoms with Crippen molar-refractivity contribution in [3.63, 3.8) is 0 Å². The molecular weight excluding hydrogens is 368 g/mol. The van der Waals surface area contributed by atoms with Crippen molar-refractivity contribution in [1.82, 2.24) is 10.2 Å². The molecule has 0 aliphatic carbocycles. The number of benzene rings is 2. The Morgan fingerprint density at radius 3 is 2.54 bits per heavy atom. The number of hydrogen-bond acceptors (Lipinski definition) is 6. The molecule has 2 aromatic carbocycles. The number of nitrogens with one attached hydrogen (secondary N) is 1. The molecule has 0 aliphatic heterocycles. The van der Waals surface area contributed by atoms with Crippen molar-refractivity contribution in [1.29, 1.82) is 0 Å². The van der Waals surface area contributed by atoms with Gasteiger partial charge in [-0.05, 0) is 36.4 Å². The number of carbonyl (C=O) groups excluding carboxylic acids is 1. The van der Waals surface area contributed by atoms with Crippen LogP contribution in [0.25, 0.3) is 11.5 Å². The average molecular weight is 379 g/mol. The first-order valence-electron chi connectivity index (χ1n) is 7.14. The Hall–Kier alpha value is -3.14. The lowest BCUT2D eigenvalue weighted by Gasteiger charge is -2.01. The van der Waals surface area contributed by atoms with Crippen LogP contribution >= 0.6 is 0 Å². The summed E-state index contributed by atoms with van der Waals surface area (Å²) < 4.78 is 54.5. The van der Waals surface area contributed by atoms with Crippen molar-refractivity contribution in [2.24, 2.45) is 0 Å². The van der Waals surface area contributed by atoms with E-state index in [1.165, 1.54) is 18.2 Å². The van der Waals surface area contributed by atoms with Gasteiger partial charge in [-0.3, -0.25) is 10.1 Å². The molecule has 0 saturated heterocycles. The van der Waals surface area contributed by atoms with Crippen molar-refractivity contribution in [3.8, 4) is 11.5 Å². The van der Waals surface area contributed by atoms with Crippen LogP contribution in [0, 0.1) is 11.6 Å². The van der Waals surface area contributed by atoms with E-state index in [2.05, 4.69) is 15.5 Å². The van der Waals surface area contributed by atoms with Crippen LogP contribution in [-0.4, -0.2) is 30.8 Å². The van der Waals surface area contributed by atoms with Crippen LogP contribution in [0.1, 0.15) is 10.4 Å². The Bertz CT molecular complexity index is 1100. The van der Waals surface area contributed by atoms with E-state index < -0.39 is 27.4 Å². The molecule has 0 atom stereocenters. The molecule has 3 rings (SSSR count). The Balaban J connectivity index is 1.82. The van der Waals surface area contributed by atoms with Crippen molar-refractivity contribution in [2.45, 2.75) is 4.90 Å². The maximum atomic E-state index is 13.2. The van der Waals surface area contributed by atoms with Crippen LogP contribution in [0.3, 0.4) is 0 Å². The molecule has 0 radical (unpaired) electrons. The predicted molar refractivity (Wildman–Crippen MR) is 87.2 cm³/mol. The van der Waals surface area contributed by atoms with Crippen molar-refractivity contribution >= 4 is 21.8 Å². The second-order valence-corrected chi connectivity index (χ2v) is 7.31. The van der Waals surface area contributed by atoms with E-state index >= 15 is 0 Å². The zero-order valence-electron chi connectivity index (χ0n) is 13.2.